The highest BCUT2D eigenvalue weighted by Crippen LogP contribution is 2.40. The van der Waals surface area contributed by atoms with Crippen LogP contribution in [0.1, 0.15) is 29.2 Å². The molecule has 0 bridgehead atoms. The second-order valence-electron chi connectivity index (χ2n) is 10.3. The topological polar surface area (TPSA) is 203 Å². The summed E-state index contributed by atoms with van der Waals surface area (Å²) in [5.41, 5.74) is 1.49. The van der Waals surface area contributed by atoms with Crippen LogP contribution in [0.25, 0.3) is 0 Å². The van der Waals surface area contributed by atoms with Crippen molar-refractivity contribution >= 4 is 52.4 Å². The Morgan fingerprint density at radius 3 is 2.58 bits per heavy atom. The van der Waals surface area contributed by atoms with E-state index in [2.05, 4.69) is 10.0 Å². The standard InChI is InChI=1S/C26H30BClN4O10S/c1-14-4-3-5-15-12-16(27(39)42-23(14)15)13-19(34)21(17-6-7-18(33)22(35)20(17)28)30-26(38)32-11-10-31(24(36)25(32)37)9-8-29-43(2,40)41/h3-7,16,21,29,33,35,39H,8-13H2,1-2H3,(H,30,38)/t16-,21?/m1/s1. The molecule has 2 atom stereocenters. The van der Waals surface area contributed by atoms with Crippen molar-refractivity contribution in [3.8, 4) is 17.2 Å². The Morgan fingerprint density at radius 1 is 1.16 bits per heavy atom. The van der Waals surface area contributed by atoms with Crippen molar-refractivity contribution in [2.24, 2.45) is 0 Å². The molecule has 2 aliphatic rings. The quantitative estimate of drug-likeness (QED) is 0.146. The van der Waals surface area contributed by atoms with E-state index < -0.39 is 69.2 Å². The second kappa shape index (κ2) is 12.8. The van der Waals surface area contributed by atoms with Gasteiger partial charge >= 0.3 is 25.0 Å². The third kappa shape index (κ3) is 7.21. The molecule has 0 aromatic heterocycles. The van der Waals surface area contributed by atoms with Gasteiger partial charge in [0.05, 0.1) is 11.3 Å². The fraction of sp³-hybridized carbons (Fsp3) is 0.385. The summed E-state index contributed by atoms with van der Waals surface area (Å²) in [6.07, 6.45) is 0.912. The van der Waals surface area contributed by atoms with Crippen LogP contribution in [0.4, 0.5) is 4.79 Å². The second-order valence-corrected chi connectivity index (χ2v) is 12.6. The lowest BCUT2D eigenvalue weighted by atomic mass is 9.64. The summed E-state index contributed by atoms with van der Waals surface area (Å²) < 4.78 is 30.4. The van der Waals surface area contributed by atoms with E-state index in [1.54, 1.807) is 6.07 Å². The minimum absolute atomic E-state index is 0.0900. The summed E-state index contributed by atoms with van der Waals surface area (Å²) in [6.45, 7) is 1.23. The van der Waals surface area contributed by atoms with Gasteiger partial charge < -0.3 is 30.1 Å². The zero-order valence-electron chi connectivity index (χ0n) is 23.2. The van der Waals surface area contributed by atoms with Gasteiger partial charge in [0.15, 0.2) is 17.3 Å². The zero-order valence-corrected chi connectivity index (χ0v) is 24.8. The summed E-state index contributed by atoms with van der Waals surface area (Å²) in [6, 6.07) is 5.06. The number of urea groups is 1. The summed E-state index contributed by atoms with van der Waals surface area (Å²) in [4.78, 5) is 54.1. The Labute approximate surface area is 252 Å². The number of sulfonamides is 1. The van der Waals surface area contributed by atoms with Crippen LogP contribution in [0.2, 0.25) is 10.8 Å². The number of para-hydroxylation sites is 1. The van der Waals surface area contributed by atoms with E-state index in [1.807, 2.05) is 19.1 Å². The third-order valence-corrected chi connectivity index (χ3v) is 8.33. The Bertz CT molecular complexity index is 1570. The number of halogens is 1. The number of carbonyl (C=O) groups is 4. The van der Waals surface area contributed by atoms with Crippen LogP contribution < -0.4 is 14.7 Å². The minimum atomic E-state index is -3.52. The first-order valence-corrected chi connectivity index (χ1v) is 15.5. The number of hydrogen-bond acceptors (Lipinski definition) is 10. The molecule has 14 nitrogen and oxygen atoms in total. The van der Waals surface area contributed by atoms with Gasteiger partial charge in [-0.3, -0.25) is 19.3 Å². The van der Waals surface area contributed by atoms with Crippen LogP contribution in [-0.2, 0) is 30.8 Å². The lowest BCUT2D eigenvalue weighted by molar-refractivity contribution is -0.153. The molecule has 2 aromatic carbocycles. The predicted molar refractivity (Wildman–Crippen MR) is 154 cm³/mol. The molecular weight excluding hydrogens is 607 g/mol. The first-order valence-electron chi connectivity index (χ1n) is 13.2. The van der Waals surface area contributed by atoms with E-state index in [9.17, 15) is 42.8 Å². The number of imide groups is 1. The van der Waals surface area contributed by atoms with E-state index in [4.69, 9.17) is 16.3 Å². The molecule has 2 aliphatic heterocycles. The largest absolute Gasteiger partial charge is 0.536 e. The molecule has 1 fully saturated rings. The van der Waals surface area contributed by atoms with E-state index in [1.165, 1.54) is 6.07 Å². The lowest BCUT2D eigenvalue weighted by Gasteiger charge is -2.33. The Balaban J connectivity index is 1.53. The summed E-state index contributed by atoms with van der Waals surface area (Å²) in [5.74, 6) is -4.42. The van der Waals surface area contributed by atoms with Crippen molar-refractivity contribution in [3.05, 3.63) is 52.0 Å². The number of fused-ring (bicyclic) bond motifs is 1. The highest BCUT2D eigenvalue weighted by atomic mass is 35.5. The highest BCUT2D eigenvalue weighted by Gasteiger charge is 2.41. The Morgan fingerprint density at radius 2 is 1.88 bits per heavy atom. The number of benzene rings is 2. The van der Waals surface area contributed by atoms with Crippen LogP contribution in [0.15, 0.2) is 30.3 Å². The van der Waals surface area contributed by atoms with Gasteiger partial charge in [-0.2, -0.15) is 0 Å². The maximum atomic E-state index is 13.7. The molecule has 0 saturated carbocycles. The van der Waals surface area contributed by atoms with Crippen LogP contribution in [0, 0.1) is 6.92 Å². The molecule has 17 heteroatoms. The van der Waals surface area contributed by atoms with Gasteiger partial charge in [-0.15, -0.1) is 0 Å². The minimum Gasteiger partial charge on any atom is -0.536 e. The molecule has 43 heavy (non-hydrogen) atoms. The highest BCUT2D eigenvalue weighted by molar-refractivity contribution is 7.88. The van der Waals surface area contributed by atoms with E-state index in [0.717, 1.165) is 28.3 Å². The molecule has 230 valence electrons. The van der Waals surface area contributed by atoms with Crippen LogP contribution in [0.3, 0.4) is 0 Å². The molecule has 0 radical (unpaired) electrons. The van der Waals surface area contributed by atoms with Gasteiger partial charge in [-0.05, 0) is 30.5 Å². The summed E-state index contributed by atoms with van der Waals surface area (Å²) >= 11 is 6.24. The number of ketones is 1. The predicted octanol–water partition coefficient (Wildman–Crippen LogP) is 0.475. The lowest BCUT2D eigenvalue weighted by Crippen LogP contribution is -2.59. The van der Waals surface area contributed by atoms with Gasteiger partial charge in [0, 0.05) is 44.0 Å². The summed E-state index contributed by atoms with van der Waals surface area (Å²) in [7, 11) is -4.86. The van der Waals surface area contributed by atoms with Gasteiger partial charge in [0.1, 0.15) is 11.8 Å². The maximum absolute atomic E-state index is 13.7. The number of carbonyl (C=O) groups excluding carboxylic acids is 4. The molecule has 5 N–H and O–H groups in total. The fourth-order valence-electron chi connectivity index (χ4n) is 4.97. The number of aryl methyl sites for hydroxylation is 1. The van der Waals surface area contributed by atoms with Crippen molar-refractivity contribution < 1.29 is 47.5 Å². The van der Waals surface area contributed by atoms with E-state index >= 15 is 0 Å². The normalized spacial score (nSPS) is 17.8. The number of nitrogens with zero attached hydrogens (tertiary/aromatic N) is 2. The number of nitrogens with one attached hydrogen (secondary N) is 2. The molecular formula is C26H30BClN4O10S. The maximum Gasteiger partial charge on any atom is 0.526 e. The number of amides is 4. The van der Waals surface area contributed by atoms with Crippen molar-refractivity contribution in [2.45, 2.75) is 31.6 Å². The molecule has 4 amide bonds. The summed E-state index contributed by atoms with van der Waals surface area (Å²) in [5, 5.41) is 32.7. The van der Waals surface area contributed by atoms with Crippen molar-refractivity contribution in [3.63, 3.8) is 0 Å². The van der Waals surface area contributed by atoms with Crippen LogP contribution in [0.5, 0.6) is 17.2 Å². The van der Waals surface area contributed by atoms with Crippen molar-refractivity contribution in [2.75, 3.05) is 32.4 Å². The van der Waals surface area contributed by atoms with Gasteiger partial charge in [0.25, 0.3) is 0 Å². The monoisotopic (exact) mass is 636 g/mol. The zero-order chi connectivity index (χ0) is 31.6. The van der Waals surface area contributed by atoms with Gasteiger partial charge in [-0.25, -0.2) is 17.9 Å². The third-order valence-electron chi connectivity index (χ3n) is 7.21. The van der Waals surface area contributed by atoms with Gasteiger partial charge in [0.2, 0.25) is 10.0 Å². The Kier molecular flexibility index (Phi) is 9.54. The number of piperazine rings is 1. The first-order chi connectivity index (χ1) is 20.2. The smallest absolute Gasteiger partial charge is 0.526 e. The van der Waals surface area contributed by atoms with E-state index in [0.29, 0.717) is 10.6 Å². The van der Waals surface area contributed by atoms with Crippen LogP contribution >= 0.6 is 11.6 Å². The molecule has 2 heterocycles. The number of hydrogen-bond donors (Lipinski definition) is 5. The van der Waals surface area contributed by atoms with Crippen LogP contribution in [-0.4, -0.2) is 96.6 Å². The number of Topliss-reactive ketones (excluding diaryl/α,β-unsaturated/α-hetero) is 1. The average molecular weight is 637 g/mol. The molecule has 2 aromatic rings. The number of phenolic OH excluding ortho intramolecular Hbond substituents is 2. The number of rotatable bonds is 9. The molecule has 1 unspecified atom stereocenters. The average Bonchev–Trinajstić information content (AvgIpc) is 2.93. The first kappa shape index (κ1) is 32.1. The van der Waals surface area contributed by atoms with Crippen molar-refractivity contribution in [1.29, 1.82) is 0 Å². The molecule has 4 rings (SSSR count). The SMILES string of the molecule is Cc1cccc2c1OB(O)[C@@H](CC(=O)C(NC(=O)N1CCN(CCNS(C)(=O)=O)C(=O)C1=O)c1ccc(O)c(O)c1Cl)C2. The molecule has 0 spiro atoms. The molecule has 0 aliphatic carbocycles. The number of phenols is 2. The van der Waals surface area contributed by atoms with Crippen molar-refractivity contribution in [1.82, 2.24) is 19.8 Å². The van der Waals surface area contributed by atoms with Gasteiger partial charge in [-0.1, -0.05) is 35.9 Å². The number of aromatic hydroxyl groups is 2. The van der Waals surface area contributed by atoms with E-state index in [-0.39, 0.29) is 44.6 Å². The molecule has 1 saturated heterocycles. The fourth-order valence-corrected chi connectivity index (χ4v) is 5.70. The Hall–Kier alpha value is -3.86.